The van der Waals surface area contributed by atoms with E-state index < -0.39 is 15.9 Å². The Kier molecular flexibility index (Phi) is 7.48. The first-order valence-corrected chi connectivity index (χ1v) is 17.2. The van der Waals surface area contributed by atoms with Crippen LogP contribution in [-0.4, -0.2) is 59.5 Å². The van der Waals surface area contributed by atoms with Crippen molar-refractivity contribution in [2.24, 2.45) is 0 Å². The molecule has 43 heavy (non-hydrogen) atoms. The Morgan fingerprint density at radius 2 is 1.91 bits per heavy atom. The molecule has 226 valence electrons. The fourth-order valence-corrected chi connectivity index (χ4v) is 8.02. The third-order valence-corrected chi connectivity index (χ3v) is 10.6. The van der Waals surface area contributed by atoms with Crippen molar-refractivity contribution in [3.05, 3.63) is 64.9 Å². The summed E-state index contributed by atoms with van der Waals surface area (Å²) in [5.74, 6) is 0.522. The van der Waals surface area contributed by atoms with E-state index in [1.807, 2.05) is 18.2 Å². The van der Waals surface area contributed by atoms with Crippen LogP contribution in [-0.2, 0) is 21.5 Å². The van der Waals surface area contributed by atoms with Crippen molar-refractivity contribution in [3.63, 3.8) is 0 Å². The van der Waals surface area contributed by atoms with Crippen LogP contribution in [0.4, 0.5) is 5.13 Å². The number of aromatic nitrogens is 2. The molecule has 0 radical (unpaired) electrons. The molecule has 4 aromatic rings. The SMILES string of the molecule is Cc1ccccc1-c1noc(C2CC2)c1COC1CC2CC[C@@H](C1)N2c1nc2ccc(C(=O)NCCS(=O)(=O)O)cc2s1. The van der Waals surface area contributed by atoms with Crippen LogP contribution >= 0.6 is 11.3 Å². The Labute approximate surface area is 254 Å². The molecular weight excluding hydrogens is 588 g/mol. The number of thiazole rings is 1. The molecule has 1 saturated carbocycles. The fourth-order valence-electron chi connectivity index (χ4n) is 6.51. The molecule has 2 N–H and O–H groups in total. The van der Waals surface area contributed by atoms with Gasteiger partial charge in [-0.05, 0) is 69.2 Å². The molecule has 3 aliphatic rings. The van der Waals surface area contributed by atoms with Gasteiger partial charge in [0.25, 0.3) is 16.0 Å². The zero-order chi connectivity index (χ0) is 29.7. The van der Waals surface area contributed by atoms with Crippen LogP contribution in [0.1, 0.15) is 71.7 Å². The van der Waals surface area contributed by atoms with Crippen LogP contribution in [0.5, 0.6) is 0 Å². The maximum absolute atomic E-state index is 12.5. The van der Waals surface area contributed by atoms with E-state index in [0.717, 1.165) is 76.5 Å². The Morgan fingerprint density at radius 1 is 1.14 bits per heavy atom. The van der Waals surface area contributed by atoms with Gasteiger partial charge in [-0.2, -0.15) is 8.42 Å². The fraction of sp³-hybridized carbons (Fsp3) is 0.452. The van der Waals surface area contributed by atoms with E-state index in [4.69, 9.17) is 18.8 Å². The van der Waals surface area contributed by atoms with Gasteiger partial charge in [-0.1, -0.05) is 40.8 Å². The average Bonchev–Trinajstić information content (AvgIpc) is 3.49. The number of carbonyl (C=O) groups excluding carboxylic acids is 1. The molecule has 1 amide bonds. The van der Waals surface area contributed by atoms with Gasteiger partial charge in [-0.25, -0.2) is 4.98 Å². The average molecular weight is 623 g/mol. The number of hydrogen-bond donors (Lipinski definition) is 2. The molecule has 3 fully saturated rings. The number of aryl methyl sites for hydroxylation is 1. The van der Waals surface area contributed by atoms with E-state index in [1.165, 1.54) is 5.56 Å². The topological polar surface area (TPSA) is 135 Å². The maximum atomic E-state index is 12.5. The number of rotatable bonds is 10. The first-order chi connectivity index (χ1) is 20.7. The third-order valence-electron chi connectivity index (χ3n) is 8.83. The van der Waals surface area contributed by atoms with E-state index >= 15 is 0 Å². The highest BCUT2D eigenvalue weighted by molar-refractivity contribution is 7.85. The monoisotopic (exact) mass is 622 g/mol. The predicted molar refractivity (Wildman–Crippen MR) is 164 cm³/mol. The van der Waals surface area contributed by atoms with Crippen LogP contribution in [0.15, 0.2) is 47.0 Å². The number of nitrogens with zero attached hydrogens (tertiary/aromatic N) is 3. The van der Waals surface area contributed by atoms with Crippen LogP contribution in [0, 0.1) is 6.92 Å². The van der Waals surface area contributed by atoms with E-state index in [2.05, 4.69) is 34.4 Å². The van der Waals surface area contributed by atoms with Crippen molar-refractivity contribution >= 4 is 42.7 Å². The van der Waals surface area contributed by atoms with Gasteiger partial charge in [0.05, 0.1) is 28.7 Å². The van der Waals surface area contributed by atoms with Crippen LogP contribution < -0.4 is 10.2 Å². The molecule has 2 aromatic heterocycles. The zero-order valence-electron chi connectivity index (χ0n) is 23.9. The van der Waals surface area contributed by atoms with Crippen LogP contribution in [0.25, 0.3) is 21.5 Å². The number of hydrogen-bond acceptors (Lipinski definition) is 9. The maximum Gasteiger partial charge on any atom is 0.266 e. The largest absolute Gasteiger partial charge is 0.373 e. The van der Waals surface area contributed by atoms with E-state index in [-0.39, 0.29) is 18.6 Å². The second-order valence-electron chi connectivity index (χ2n) is 11.9. The lowest BCUT2D eigenvalue weighted by Gasteiger charge is -2.38. The molecular formula is C31H34N4O6S2. The number of piperidine rings is 1. The Morgan fingerprint density at radius 3 is 2.63 bits per heavy atom. The lowest BCUT2D eigenvalue weighted by atomic mass is 9.99. The first-order valence-electron chi connectivity index (χ1n) is 14.8. The Hall–Kier alpha value is -3.32. The number of ether oxygens (including phenoxy) is 1. The highest BCUT2D eigenvalue weighted by Crippen LogP contribution is 2.46. The van der Waals surface area contributed by atoms with Gasteiger partial charge in [0, 0.05) is 41.2 Å². The molecule has 2 unspecified atom stereocenters. The normalized spacial score (nSPS) is 21.9. The summed E-state index contributed by atoms with van der Waals surface area (Å²) >= 11 is 1.57. The number of benzene rings is 2. The molecule has 1 aliphatic carbocycles. The van der Waals surface area contributed by atoms with Crippen molar-refractivity contribution in [1.82, 2.24) is 15.5 Å². The summed E-state index contributed by atoms with van der Waals surface area (Å²) in [6.45, 7) is 2.44. The van der Waals surface area contributed by atoms with E-state index in [1.54, 1.807) is 23.5 Å². The summed E-state index contributed by atoms with van der Waals surface area (Å²) in [5, 5.41) is 8.00. The van der Waals surface area contributed by atoms with Gasteiger partial charge >= 0.3 is 0 Å². The van der Waals surface area contributed by atoms with Gasteiger partial charge in [0.2, 0.25) is 0 Å². The van der Waals surface area contributed by atoms with Gasteiger partial charge in [-0.15, -0.1) is 0 Å². The Balaban J connectivity index is 1.03. The summed E-state index contributed by atoms with van der Waals surface area (Å²) in [5.41, 5.74) is 5.53. The van der Waals surface area contributed by atoms with Crippen molar-refractivity contribution in [2.45, 2.75) is 76.2 Å². The summed E-state index contributed by atoms with van der Waals surface area (Å²) < 4.78 is 44.2. The molecule has 2 bridgehead atoms. The molecule has 4 heterocycles. The summed E-state index contributed by atoms with van der Waals surface area (Å²) in [6.07, 6.45) is 6.47. The molecule has 0 spiro atoms. The quantitative estimate of drug-likeness (QED) is 0.221. The number of amides is 1. The Bertz CT molecular complexity index is 1770. The molecule has 10 nitrogen and oxygen atoms in total. The summed E-state index contributed by atoms with van der Waals surface area (Å²) in [6, 6.07) is 14.3. The van der Waals surface area contributed by atoms with Crippen LogP contribution in [0.2, 0.25) is 0 Å². The number of fused-ring (bicyclic) bond motifs is 3. The van der Waals surface area contributed by atoms with Crippen molar-refractivity contribution in [1.29, 1.82) is 0 Å². The zero-order valence-corrected chi connectivity index (χ0v) is 25.5. The molecule has 12 heteroatoms. The lowest BCUT2D eigenvalue weighted by molar-refractivity contribution is 0.0147. The molecule has 2 saturated heterocycles. The third kappa shape index (κ3) is 5.93. The number of nitrogens with one attached hydrogen (secondary N) is 1. The summed E-state index contributed by atoms with van der Waals surface area (Å²) in [4.78, 5) is 19.9. The molecule has 7 rings (SSSR count). The van der Waals surface area contributed by atoms with Gasteiger partial charge in [0.15, 0.2) is 5.13 Å². The van der Waals surface area contributed by atoms with Gasteiger partial charge < -0.3 is 19.5 Å². The number of carbonyl (C=O) groups is 1. The highest BCUT2D eigenvalue weighted by Gasteiger charge is 2.43. The minimum absolute atomic E-state index is 0.146. The standard InChI is InChI=1S/C31H34N4O6S2/c1-18-4-2-3-5-24(18)28-25(29(41-34-28)19-6-7-19)17-40-23-15-21-9-10-22(16-23)35(21)31-33-26-11-8-20(14-27(26)42-31)30(36)32-12-13-43(37,38)39/h2-5,8,11,14,19,21-23H,6-7,9-10,12-13,15-17H2,1H3,(H,32,36)(H,37,38,39)/t21-,22?,23?/m0/s1. The van der Waals surface area contributed by atoms with E-state index in [9.17, 15) is 13.2 Å². The van der Waals surface area contributed by atoms with Gasteiger partial charge in [-0.3, -0.25) is 9.35 Å². The minimum atomic E-state index is -4.13. The van der Waals surface area contributed by atoms with E-state index in [0.29, 0.717) is 30.2 Å². The summed E-state index contributed by atoms with van der Waals surface area (Å²) in [7, 11) is -4.13. The molecule has 3 atom stereocenters. The highest BCUT2D eigenvalue weighted by atomic mass is 32.2. The smallest absolute Gasteiger partial charge is 0.266 e. The predicted octanol–water partition coefficient (Wildman–Crippen LogP) is 5.47. The van der Waals surface area contributed by atoms with Crippen molar-refractivity contribution in [3.8, 4) is 11.3 Å². The van der Waals surface area contributed by atoms with Gasteiger partial charge in [0.1, 0.15) is 11.5 Å². The second-order valence-corrected chi connectivity index (χ2v) is 14.5. The van der Waals surface area contributed by atoms with Crippen LogP contribution in [0.3, 0.4) is 0 Å². The molecule has 2 aliphatic heterocycles. The molecule has 2 aromatic carbocycles. The van der Waals surface area contributed by atoms with Crippen molar-refractivity contribution < 1.29 is 27.0 Å². The minimum Gasteiger partial charge on any atom is -0.373 e. The second kappa shape index (κ2) is 11.3. The first kappa shape index (κ1) is 28.5. The number of anilines is 1. The lowest BCUT2D eigenvalue weighted by Crippen LogP contribution is -2.45. The van der Waals surface area contributed by atoms with Crippen molar-refractivity contribution in [2.75, 3.05) is 17.2 Å².